The zero-order valence-corrected chi connectivity index (χ0v) is 18.2. The summed E-state index contributed by atoms with van der Waals surface area (Å²) in [6.45, 7) is 5.45. The largest absolute Gasteiger partial charge is 0.478 e. The van der Waals surface area contributed by atoms with Gasteiger partial charge in [-0.2, -0.15) is 0 Å². The van der Waals surface area contributed by atoms with Crippen LogP contribution in [0.4, 0.5) is 0 Å². The highest BCUT2D eigenvalue weighted by Crippen LogP contribution is 2.36. The number of carbonyl (C=O) groups excluding carboxylic acids is 1. The van der Waals surface area contributed by atoms with E-state index in [1.807, 2.05) is 45.0 Å². The van der Waals surface area contributed by atoms with Crippen LogP contribution in [0.1, 0.15) is 27.0 Å². The second-order valence-electron chi connectivity index (χ2n) is 7.60. The molecule has 0 bridgehead atoms. The van der Waals surface area contributed by atoms with E-state index >= 15 is 0 Å². The van der Waals surface area contributed by atoms with Crippen molar-refractivity contribution in [3.05, 3.63) is 98.2 Å². The minimum absolute atomic E-state index is 0.0204. The lowest BCUT2D eigenvalue weighted by Crippen LogP contribution is -2.17. The van der Waals surface area contributed by atoms with Gasteiger partial charge in [0, 0.05) is 11.1 Å². The average molecular weight is 433 g/mol. The van der Waals surface area contributed by atoms with Crippen LogP contribution < -0.4 is 10.2 Å². The molecule has 0 radical (unpaired) electrons. The second-order valence-corrected chi connectivity index (χ2v) is 8.01. The van der Waals surface area contributed by atoms with Crippen LogP contribution in [0.15, 0.2) is 69.9 Å². The molecule has 4 aromatic rings. The average Bonchev–Trinajstić information content (AvgIpc) is 2.73. The van der Waals surface area contributed by atoms with Gasteiger partial charge in [-0.25, -0.2) is 0 Å². The molecule has 3 aromatic carbocycles. The topological polar surface area (TPSA) is 56.5 Å². The van der Waals surface area contributed by atoms with E-state index in [0.717, 1.165) is 16.7 Å². The van der Waals surface area contributed by atoms with Gasteiger partial charge < -0.3 is 9.15 Å². The highest BCUT2D eigenvalue weighted by Gasteiger charge is 2.22. The van der Waals surface area contributed by atoms with Crippen LogP contribution in [0, 0.1) is 20.8 Å². The van der Waals surface area contributed by atoms with Gasteiger partial charge in [-0.15, -0.1) is 0 Å². The molecule has 0 unspecified atom stereocenters. The fourth-order valence-corrected chi connectivity index (χ4v) is 3.81. The summed E-state index contributed by atoms with van der Waals surface area (Å²) in [6, 6.07) is 18.0. The Labute approximate surface area is 185 Å². The number of hydrogen-bond acceptors (Lipinski definition) is 4. The number of Topliss-reactive ketones (excluding diaryl/α,β-unsaturated/α-hetero) is 1. The maximum atomic E-state index is 13.4. The van der Waals surface area contributed by atoms with Crippen LogP contribution in [0.3, 0.4) is 0 Å². The van der Waals surface area contributed by atoms with Crippen molar-refractivity contribution < 1.29 is 13.9 Å². The molecule has 0 saturated carbocycles. The Morgan fingerprint density at radius 1 is 0.968 bits per heavy atom. The Hall–Kier alpha value is -3.37. The quantitative estimate of drug-likeness (QED) is 0.347. The van der Waals surface area contributed by atoms with Gasteiger partial charge in [0.25, 0.3) is 0 Å². The lowest BCUT2D eigenvalue weighted by atomic mass is 10.0. The number of carbonyl (C=O) groups is 1. The van der Waals surface area contributed by atoms with Crippen molar-refractivity contribution in [3.8, 4) is 17.1 Å². The minimum Gasteiger partial charge on any atom is -0.478 e. The summed E-state index contributed by atoms with van der Waals surface area (Å²) >= 11 is 6.39. The third-order valence-electron chi connectivity index (χ3n) is 5.13. The molecule has 0 spiro atoms. The lowest BCUT2D eigenvalue weighted by Gasteiger charge is -2.13. The Morgan fingerprint density at radius 3 is 2.39 bits per heavy atom. The van der Waals surface area contributed by atoms with Gasteiger partial charge in [-0.1, -0.05) is 59.6 Å². The number of fused-ring (bicyclic) bond motifs is 1. The van der Waals surface area contributed by atoms with Crippen LogP contribution in [-0.2, 0) is 0 Å². The molecular weight excluding hydrogens is 412 g/mol. The standard InChI is InChI=1S/C26H21ClO4/c1-15-8-10-18(11-9-15)21(28)14-30-26-24(29)23-17(3)12-16(2)13-22(23)31-25(26)19-6-4-5-7-20(19)27/h4-13H,14H2,1-3H3. The molecule has 1 aromatic heterocycles. The third-order valence-corrected chi connectivity index (χ3v) is 5.46. The molecule has 1 heterocycles. The Morgan fingerprint density at radius 2 is 1.68 bits per heavy atom. The summed E-state index contributed by atoms with van der Waals surface area (Å²) < 4.78 is 11.9. The molecule has 0 aliphatic rings. The molecule has 4 nitrogen and oxygen atoms in total. The first-order valence-electron chi connectivity index (χ1n) is 9.91. The van der Waals surface area contributed by atoms with Crippen LogP contribution in [0.25, 0.3) is 22.3 Å². The summed E-state index contributed by atoms with van der Waals surface area (Å²) in [4.78, 5) is 26.1. The van der Waals surface area contributed by atoms with E-state index in [2.05, 4.69) is 0 Å². The van der Waals surface area contributed by atoms with Crippen LogP contribution in [0.5, 0.6) is 5.75 Å². The first kappa shape index (κ1) is 20.9. The van der Waals surface area contributed by atoms with E-state index in [9.17, 15) is 9.59 Å². The molecule has 156 valence electrons. The van der Waals surface area contributed by atoms with E-state index in [1.54, 1.807) is 36.4 Å². The predicted molar refractivity (Wildman–Crippen MR) is 123 cm³/mol. The van der Waals surface area contributed by atoms with Crippen molar-refractivity contribution in [1.29, 1.82) is 0 Å². The summed E-state index contributed by atoms with van der Waals surface area (Å²) in [5.41, 5.74) is 3.98. The normalized spacial score (nSPS) is 11.0. The zero-order chi connectivity index (χ0) is 22.1. The van der Waals surface area contributed by atoms with Gasteiger partial charge in [0.1, 0.15) is 5.58 Å². The third kappa shape index (κ3) is 4.12. The zero-order valence-electron chi connectivity index (χ0n) is 17.5. The summed E-state index contributed by atoms with van der Waals surface area (Å²) in [6.07, 6.45) is 0. The number of hydrogen-bond donors (Lipinski definition) is 0. The van der Waals surface area contributed by atoms with E-state index < -0.39 is 0 Å². The van der Waals surface area contributed by atoms with Crippen molar-refractivity contribution in [2.45, 2.75) is 20.8 Å². The molecule has 5 heteroatoms. The highest BCUT2D eigenvalue weighted by molar-refractivity contribution is 6.33. The van der Waals surface area contributed by atoms with Crippen molar-refractivity contribution in [3.63, 3.8) is 0 Å². The van der Waals surface area contributed by atoms with Crippen molar-refractivity contribution in [1.82, 2.24) is 0 Å². The SMILES string of the molecule is Cc1ccc(C(=O)COc2c(-c3ccccc3Cl)oc3cc(C)cc(C)c3c2=O)cc1. The van der Waals surface area contributed by atoms with Gasteiger partial charge >= 0.3 is 0 Å². The Balaban J connectivity index is 1.84. The fourth-order valence-electron chi connectivity index (χ4n) is 3.59. The van der Waals surface area contributed by atoms with Gasteiger partial charge in [0.15, 0.2) is 18.2 Å². The number of rotatable bonds is 5. The second kappa shape index (κ2) is 8.40. The molecule has 0 aliphatic heterocycles. The molecular formula is C26H21ClO4. The van der Waals surface area contributed by atoms with Crippen molar-refractivity contribution >= 4 is 28.4 Å². The Kier molecular flexibility index (Phi) is 5.66. The summed E-state index contributed by atoms with van der Waals surface area (Å²) in [5, 5.41) is 0.850. The van der Waals surface area contributed by atoms with Gasteiger partial charge in [0.2, 0.25) is 11.2 Å². The molecule has 0 fully saturated rings. The number of ether oxygens (including phenoxy) is 1. The number of aryl methyl sites for hydroxylation is 3. The molecule has 0 N–H and O–H groups in total. The van der Waals surface area contributed by atoms with E-state index in [0.29, 0.717) is 27.1 Å². The van der Waals surface area contributed by atoms with Gasteiger partial charge in [-0.3, -0.25) is 9.59 Å². The monoisotopic (exact) mass is 432 g/mol. The van der Waals surface area contributed by atoms with Crippen molar-refractivity contribution in [2.75, 3.05) is 6.61 Å². The molecule has 31 heavy (non-hydrogen) atoms. The number of ketones is 1. The fraction of sp³-hybridized carbons (Fsp3) is 0.154. The smallest absolute Gasteiger partial charge is 0.235 e. The maximum absolute atomic E-state index is 13.4. The molecule has 0 saturated heterocycles. The van der Waals surface area contributed by atoms with E-state index in [-0.39, 0.29) is 29.3 Å². The summed E-state index contributed by atoms with van der Waals surface area (Å²) in [5.74, 6) is -0.0388. The van der Waals surface area contributed by atoms with Crippen molar-refractivity contribution in [2.24, 2.45) is 0 Å². The molecule has 0 atom stereocenters. The maximum Gasteiger partial charge on any atom is 0.235 e. The van der Waals surface area contributed by atoms with E-state index in [1.165, 1.54) is 0 Å². The van der Waals surface area contributed by atoms with E-state index in [4.69, 9.17) is 20.8 Å². The first-order valence-corrected chi connectivity index (χ1v) is 10.3. The van der Waals surface area contributed by atoms with Gasteiger partial charge in [-0.05, 0) is 50.1 Å². The molecule has 4 rings (SSSR count). The number of halogens is 1. The van der Waals surface area contributed by atoms with Crippen LogP contribution >= 0.6 is 11.6 Å². The Bertz CT molecular complexity index is 1350. The lowest BCUT2D eigenvalue weighted by molar-refractivity contribution is 0.0920. The first-order chi connectivity index (χ1) is 14.8. The van der Waals surface area contributed by atoms with Crippen LogP contribution in [-0.4, -0.2) is 12.4 Å². The minimum atomic E-state index is -0.328. The van der Waals surface area contributed by atoms with Gasteiger partial charge in [0.05, 0.1) is 10.4 Å². The van der Waals surface area contributed by atoms with Crippen LogP contribution in [0.2, 0.25) is 5.02 Å². The highest BCUT2D eigenvalue weighted by atomic mass is 35.5. The summed E-state index contributed by atoms with van der Waals surface area (Å²) in [7, 11) is 0. The predicted octanol–water partition coefficient (Wildman–Crippen LogP) is 6.30. The number of benzene rings is 3. The molecule has 0 aliphatic carbocycles. The molecule has 0 amide bonds.